The lowest BCUT2D eigenvalue weighted by Crippen LogP contribution is -2.04. The third-order valence-corrected chi connectivity index (χ3v) is 1.88. The second kappa shape index (κ2) is 5.01. The summed E-state index contributed by atoms with van der Waals surface area (Å²) in [5.41, 5.74) is 2.03. The van der Waals surface area contributed by atoms with Crippen LogP contribution in [0, 0.1) is 12.8 Å². The normalized spacial score (nSPS) is 10.6. The van der Waals surface area contributed by atoms with Crippen molar-refractivity contribution >= 4 is 0 Å². The van der Waals surface area contributed by atoms with Crippen molar-refractivity contribution in [3.8, 4) is 5.75 Å². The van der Waals surface area contributed by atoms with Gasteiger partial charge in [0.1, 0.15) is 5.75 Å². The summed E-state index contributed by atoms with van der Waals surface area (Å²) in [5.74, 6) is 1.37. The maximum atomic E-state index is 9.01. The Kier molecular flexibility index (Phi) is 3.96. The molecule has 0 aliphatic carbocycles. The van der Waals surface area contributed by atoms with E-state index >= 15 is 0 Å². The molecule has 2 heteroatoms. The number of hydrogen-bond donors (Lipinski definition) is 1. The number of ether oxygens (including phenoxy) is 1. The van der Waals surface area contributed by atoms with Gasteiger partial charge in [-0.3, -0.25) is 0 Å². The number of aliphatic hydroxyl groups excluding tert-OH is 1. The zero-order chi connectivity index (χ0) is 10.6. The summed E-state index contributed by atoms with van der Waals surface area (Å²) >= 11 is 0. The highest BCUT2D eigenvalue weighted by molar-refractivity contribution is 5.33. The van der Waals surface area contributed by atoms with Gasteiger partial charge in [-0.1, -0.05) is 19.9 Å². The SMILES string of the molecule is Cc1cc(CO)cc(OCC(C)C)c1. The molecule has 1 N–H and O–H groups in total. The van der Waals surface area contributed by atoms with Crippen LogP contribution in [0.1, 0.15) is 25.0 Å². The first-order valence-electron chi connectivity index (χ1n) is 4.96. The molecule has 78 valence electrons. The van der Waals surface area contributed by atoms with E-state index in [2.05, 4.69) is 13.8 Å². The fourth-order valence-corrected chi connectivity index (χ4v) is 1.26. The van der Waals surface area contributed by atoms with E-state index in [-0.39, 0.29) is 6.61 Å². The van der Waals surface area contributed by atoms with Gasteiger partial charge in [-0.25, -0.2) is 0 Å². The molecule has 0 saturated heterocycles. The molecule has 0 atom stereocenters. The fraction of sp³-hybridized carbons (Fsp3) is 0.500. The van der Waals surface area contributed by atoms with Crippen molar-refractivity contribution < 1.29 is 9.84 Å². The van der Waals surface area contributed by atoms with Crippen LogP contribution in [0.2, 0.25) is 0 Å². The van der Waals surface area contributed by atoms with Crippen molar-refractivity contribution in [2.75, 3.05) is 6.61 Å². The van der Waals surface area contributed by atoms with Crippen LogP contribution in [-0.4, -0.2) is 11.7 Å². The van der Waals surface area contributed by atoms with Crippen molar-refractivity contribution in [2.45, 2.75) is 27.4 Å². The van der Waals surface area contributed by atoms with Crippen LogP contribution < -0.4 is 4.74 Å². The molecule has 1 aromatic carbocycles. The molecule has 14 heavy (non-hydrogen) atoms. The van der Waals surface area contributed by atoms with Gasteiger partial charge in [-0.2, -0.15) is 0 Å². The summed E-state index contributed by atoms with van der Waals surface area (Å²) < 4.78 is 5.58. The van der Waals surface area contributed by atoms with E-state index in [1.165, 1.54) is 0 Å². The molecule has 1 rings (SSSR count). The Morgan fingerprint density at radius 2 is 2.00 bits per heavy atom. The summed E-state index contributed by atoms with van der Waals surface area (Å²) in [5, 5.41) is 9.01. The zero-order valence-corrected chi connectivity index (χ0v) is 9.08. The van der Waals surface area contributed by atoms with Crippen LogP contribution in [0.4, 0.5) is 0 Å². The highest BCUT2D eigenvalue weighted by Crippen LogP contribution is 2.17. The molecule has 1 aromatic rings. The number of rotatable bonds is 4. The van der Waals surface area contributed by atoms with E-state index in [4.69, 9.17) is 9.84 Å². The first-order chi connectivity index (χ1) is 6.61. The Balaban J connectivity index is 2.71. The number of benzene rings is 1. The van der Waals surface area contributed by atoms with Crippen molar-refractivity contribution in [1.82, 2.24) is 0 Å². The monoisotopic (exact) mass is 194 g/mol. The molecule has 0 spiro atoms. The summed E-state index contributed by atoms with van der Waals surface area (Å²) in [6.07, 6.45) is 0. The quantitative estimate of drug-likeness (QED) is 0.798. The highest BCUT2D eigenvalue weighted by Gasteiger charge is 2.00. The van der Waals surface area contributed by atoms with Gasteiger partial charge in [0.15, 0.2) is 0 Å². The third kappa shape index (κ3) is 3.38. The van der Waals surface area contributed by atoms with Crippen molar-refractivity contribution in [3.63, 3.8) is 0 Å². The van der Waals surface area contributed by atoms with Gasteiger partial charge in [-0.15, -0.1) is 0 Å². The van der Waals surface area contributed by atoms with E-state index in [1.807, 2.05) is 25.1 Å². The van der Waals surface area contributed by atoms with Gasteiger partial charge in [0.2, 0.25) is 0 Å². The number of aliphatic hydroxyl groups is 1. The predicted octanol–water partition coefficient (Wildman–Crippen LogP) is 2.52. The van der Waals surface area contributed by atoms with Gasteiger partial charge < -0.3 is 9.84 Å². The van der Waals surface area contributed by atoms with Crippen LogP contribution >= 0.6 is 0 Å². The minimum absolute atomic E-state index is 0.0692. The molecule has 0 aliphatic heterocycles. The smallest absolute Gasteiger partial charge is 0.119 e. The first-order valence-corrected chi connectivity index (χ1v) is 4.96. The van der Waals surface area contributed by atoms with E-state index in [0.29, 0.717) is 12.5 Å². The van der Waals surface area contributed by atoms with Gasteiger partial charge in [0, 0.05) is 0 Å². The van der Waals surface area contributed by atoms with E-state index in [9.17, 15) is 0 Å². The Bertz CT molecular complexity index is 292. The Morgan fingerprint density at radius 1 is 1.29 bits per heavy atom. The molecule has 0 bridgehead atoms. The van der Waals surface area contributed by atoms with Crippen molar-refractivity contribution in [1.29, 1.82) is 0 Å². The average molecular weight is 194 g/mol. The van der Waals surface area contributed by atoms with Crippen LogP contribution in [0.15, 0.2) is 18.2 Å². The standard InChI is InChI=1S/C12H18O2/c1-9(2)8-14-12-5-10(3)4-11(6-12)7-13/h4-6,9,13H,7-8H2,1-3H3. The van der Waals surface area contributed by atoms with Gasteiger partial charge >= 0.3 is 0 Å². The van der Waals surface area contributed by atoms with Gasteiger partial charge in [-0.05, 0) is 36.1 Å². The lowest BCUT2D eigenvalue weighted by atomic mass is 10.1. The topological polar surface area (TPSA) is 29.5 Å². The molecule has 0 amide bonds. The predicted molar refractivity (Wildman–Crippen MR) is 57.4 cm³/mol. The molecule has 0 aromatic heterocycles. The lowest BCUT2D eigenvalue weighted by molar-refractivity contribution is 0.265. The van der Waals surface area contributed by atoms with Gasteiger partial charge in [0.25, 0.3) is 0 Å². The Hall–Kier alpha value is -1.02. The van der Waals surface area contributed by atoms with E-state index in [0.717, 1.165) is 16.9 Å². The summed E-state index contributed by atoms with van der Waals surface area (Å²) in [4.78, 5) is 0. The van der Waals surface area contributed by atoms with Crippen LogP contribution in [0.3, 0.4) is 0 Å². The van der Waals surface area contributed by atoms with Gasteiger partial charge in [0.05, 0.1) is 13.2 Å². The molecule has 2 nitrogen and oxygen atoms in total. The molecule has 0 fully saturated rings. The highest BCUT2D eigenvalue weighted by atomic mass is 16.5. The van der Waals surface area contributed by atoms with Crippen LogP contribution in [0.5, 0.6) is 5.75 Å². The Morgan fingerprint density at radius 3 is 2.57 bits per heavy atom. The molecular weight excluding hydrogens is 176 g/mol. The third-order valence-electron chi connectivity index (χ3n) is 1.88. The second-order valence-electron chi connectivity index (χ2n) is 4.02. The number of aryl methyl sites for hydroxylation is 1. The number of hydrogen-bond acceptors (Lipinski definition) is 2. The first kappa shape index (κ1) is 11.1. The summed E-state index contributed by atoms with van der Waals surface area (Å²) in [6, 6.07) is 5.83. The van der Waals surface area contributed by atoms with E-state index in [1.54, 1.807) is 0 Å². The van der Waals surface area contributed by atoms with Crippen molar-refractivity contribution in [3.05, 3.63) is 29.3 Å². The molecular formula is C12H18O2. The minimum Gasteiger partial charge on any atom is -0.493 e. The summed E-state index contributed by atoms with van der Waals surface area (Å²) in [6.45, 7) is 7.01. The molecule has 0 saturated carbocycles. The van der Waals surface area contributed by atoms with Crippen LogP contribution in [0.25, 0.3) is 0 Å². The zero-order valence-electron chi connectivity index (χ0n) is 9.08. The summed E-state index contributed by atoms with van der Waals surface area (Å²) in [7, 11) is 0. The lowest BCUT2D eigenvalue weighted by Gasteiger charge is -2.10. The van der Waals surface area contributed by atoms with E-state index < -0.39 is 0 Å². The largest absolute Gasteiger partial charge is 0.493 e. The molecule has 0 aliphatic rings. The molecule has 0 heterocycles. The average Bonchev–Trinajstić information content (AvgIpc) is 2.14. The maximum absolute atomic E-state index is 9.01. The second-order valence-corrected chi connectivity index (χ2v) is 4.02. The van der Waals surface area contributed by atoms with Crippen molar-refractivity contribution in [2.24, 2.45) is 5.92 Å². The van der Waals surface area contributed by atoms with Crippen LogP contribution in [-0.2, 0) is 6.61 Å². The fourth-order valence-electron chi connectivity index (χ4n) is 1.26. The molecule has 0 radical (unpaired) electrons. The molecule has 0 unspecified atom stereocenters. The minimum atomic E-state index is 0.0692. The maximum Gasteiger partial charge on any atom is 0.119 e. The Labute approximate surface area is 85.5 Å².